The lowest BCUT2D eigenvalue weighted by Crippen LogP contribution is -2.55. The van der Waals surface area contributed by atoms with Crippen LogP contribution in [0.25, 0.3) is 0 Å². The van der Waals surface area contributed by atoms with Gasteiger partial charge in [-0.3, -0.25) is 0 Å². The van der Waals surface area contributed by atoms with Crippen LogP contribution in [0.5, 0.6) is 0 Å². The third-order valence-corrected chi connectivity index (χ3v) is 11.5. The predicted molar refractivity (Wildman–Crippen MR) is 150 cm³/mol. The van der Waals surface area contributed by atoms with Crippen LogP contribution in [-0.4, -0.2) is 23.3 Å². The molecule has 5 rings (SSSR count). The normalized spacial score (nSPS) is 39.8. The molecule has 0 aliphatic heterocycles. The minimum atomic E-state index is -0.266. The molecule has 4 aliphatic carbocycles. The third-order valence-electron chi connectivity index (χ3n) is 11.5. The third kappa shape index (κ3) is 4.95. The van der Waals surface area contributed by atoms with Gasteiger partial charge in [0, 0.05) is 5.92 Å². The molecule has 1 N–H and O–H groups in total. The molecule has 0 saturated heterocycles. The topological polar surface area (TPSA) is 46.5 Å². The van der Waals surface area contributed by atoms with E-state index in [1.807, 2.05) is 30.3 Å². The van der Waals surface area contributed by atoms with E-state index < -0.39 is 0 Å². The molecule has 3 fully saturated rings. The first-order valence-electron chi connectivity index (χ1n) is 15.3. The Hall–Kier alpha value is -1.61. The van der Waals surface area contributed by atoms with E-state index >= 15 is 0 Å². The highest BCUT2D eigenvalue weighted by molar-refractivity contribution is 5.89. The Balaban J connectivity index is 1.44. The van der Waals surface area contributed by atoms with Crippen molar-refractivity contribution in [3.05, 3.63) is 47.5 Å². The number of aliphatic hydroxyl groups excluding tert-OH is 1. The lowest BCUT2D eigenvalue weighted by Gasteiger charge is -2.59. The van der Waals surface area contributed by atoms with Crippen LogP contribution in [0.3, 0.4) is 0 Å². The zero-order valence-corrected chi connectivity index (χ0v) is 23.9. The second-order valence-corrected chi connectivity index (χ2v) is 14.1. The van der Waals surface area contributed by atoms with Crippen LogP contribution in [0.1, 0.15) is 109 Å². The van der Waals surface area contributed by atoms with Gasteiger partial charge >= 0.3 is 5.97 Å². The number of benzene rings is 1. The lowest BCUT2D eigenvalue weighted by atomic mass is 9.46. The zero-order chi connectivity index (χ0) is 26.4. The number of ether oxygens (including phenoxy) is 1. The molecule has 0 amide bonds. The van der Waals surface area contributed by atoms with Crippen molar-refractivity contribution in [2.24, 2.45) is 46.3 Å². The summed E-state index contributed by atoms with van der Waals surface area (Å²) in [5, 5.41) is 10.5. The maximum absolute atomic E-state index is 13.3. The number of hydrogen-bond donors (Lipinski definition) is 1. The molecular weight excluding hydrogens is 456 g/mol. The summed E-state index contributed by atoms with van der Waals surface area (Å²) in [6.07, 6.45) is 13.6. The summed E-state index contributed by atoms with van der Waals surface area (Å²) in [6, 6.07) is 9.48. The first kappa shape index (κ1) is 27.0. The molecule has 0 aromatic heterocycles. The number of aliphatic hydroxyl groups is 1. The van der Waals surface area contributed by atoms with Gasteiger partial charge in [0.05, 0.1) is 11.7 Å². The summed E-state index contributed by atoms with van der Waals surface area (Å²) in [5.41, 5.74) is 2.43. The number of esters is 1. The second-order valence-electron chi connectivity index (χ2n) is 14.1. The maximum atomic E-state index is 13.3. The van der Waals surface area contributed by atoms with Crippen molar-refractivity contribution in [2.75, 3.05) is 0 Å². The molecule has 0 radical (unpaired) electrons. The molecule has 0 unspecified atom stereocenters. The van der Waals surface area contributed by atoms with Gasteiger partial charge in [0.25, 0.3) is 0 Å². The molecule has 4 aliphatic rings. The molecule has 1 aromatic carbocycles. The van der Waals surface area contributed by atoms with Crippen molar-refractivity contribution in [3.8, 4) is 0 Å². The molecule has 37 heavy (non-hydrogen) atoms. The smallest absolute Gasteiger partial charge is 0.338 e. The minimum absolute atomic E-state index is 0.127. The van der Waals surface area contributed by atoms with Crippen molar-refractivity contribution in [1.82, 2.24) is 0 Å². The lowest BCUT2D eigenvalue weighted by molar-refractivity contribution is -0.101. The first-order valence-corrected chi connectivity index (χ1v) is 15.3. The number of fused-ring (bicyclic) bond motifs is 5. The molecule has 3 nitrogen and oxygen atoms in total. The van der Waals surface area contributed by atoms with Gasteiger partial charge in [-0.1, -0.05) is 77.7 Å². The van der Waals surface area contributed by atoms with Crippen molar-refractivity contribution >= 4 is 5.97 Å². The molecular formula is C34H50O3. The summed E-state index contributed by atoms with van der Waals surface area (Å²) >= 11 is 0. The molecule has 3 heteroatoms. The van der Waals surface area contributed by atoms with Crippen molar-refractivity contribution < 1.29 is 14.6 Å². The fraction of sp³-hybridized carbons (Fsp3) is 0.735. The Kier molecular flexibility index (Phi) is 7.66. The van der Waals surface area contributed by atoms with E-state index in [0.29, 0.717) is 28.7 Å². The maximum Gasteiger partial charge on any atom is 0.338 e. The van der Waals surface area contributed by atoms with Crippen molar-refractivity contribution in [3.63, 3.8) is 0 Å². The highest BCUT2D eigenvalue weighted by Crippen LogP contribution is 2.67. The number of rotatable bonds is 7. The van der Waals surface area contributed by atoms with E-state index in [-0.39, 0.29) is 23.6 Å². The van der Waals surface area contributed by atoms with Crippen LogP contribution in [-0.2, 0) is 4.74 Å². The van der Waals surface area contributed by atoms with Gasteiger partial charge in [-0.25, -0.2) is 4.79 Å². The quantitative estimate of drug-likeness (QED) is 0.299. The van der Waals surface area contributed by atoms with Gasteiger partial charge in [-0.15, -0.1) is 0 Å². The van der Waals surface area contributed by atoms with Crippen LogP contribution in [0.4, 0.5) is 0 Å². The largest absolute Gasteiger partial charge is 0.454 e. The summed E-state index contributed by atoms with van der Waals surface area (Å²) in [4.78, 5) is 13.3. The molecule has 0 spiro atoms. The van der Waals surface area contributed by atoms with Gasteiger partial charge in [-0.2, -0.15) is 0 Å². The highest BCUT2D eigenvalue weighted by Gasteiger charge is 2.62. The Bertz CT molecular complexity index is 982. The van der Waals surface area contributed by atoms with E-state index in [2.05, 4.69) is 40.7 Å². The van der Waals surface area contributed by atoms with Gasteiger partial charge in [0.1, 0.15) is 6.10 Å². The number of carbonyl (C=O) groups is 1. The van der Waals surface area contributed by atoms with Crippen molar-refractivity contribution in [1.29, 1.82) is 0 Å². The van der Waals surface area contributed by atoms with E-state index in [1.165, 1.54) is 50.5 Å². The van der Waals surface area contributed by atoms with Crippen LogP contribution >= 0.6 is 0 Å². The summed E-state index contributed by atoms with van der Waals surface area (Å²) in [6.45, 7) is 12.2. The number of carbonyl (C=O) groups excluding carboxylic acids is 1. The molecule has 1 aromatic rings. The standard InChI is InChI=1S/C34H50O3/c1-22(2)10-9-11-23(3)27-14-15-28-31-29(17-19-34(27,28)5)33(4)18-16-26(35)20-25(33)21-30(31)37-32(36)24-12-7-6-8-13-24/h6-8,12-13,21-23,26-31,35H,9-11,14-20H2,1-5H3/t23-,26-,27-,28+,29+,30+,31+,33-,34-/m0/s1. The van der Waals surface area contributed by atoms with Gasteiger partial charge in [0.2, 0.25) is 0 Å². The Morgan fingerprint density at radius 3 is 2.49 bits per heavy atom. The summed E-state index contributed by atoms with van der Waals surface area (Å²) in [7, 11) is 0. The van der Waals surface area contributed by atoms with Crippen LogP contribution < -0.4 is 0 Å². The Morgan fingerprint density at radius 1 is 1.00 bits per heavy atom. The Morgan fingerprint density at radius 2 is 1.76 bits per heavy atom. The van der Waals surface area contributed by atoms with Crippen molar-refractivity contribution in [2.45, 2.75) is 111 Å². The van der Waals surface area contributed by atoms with E-state index in [9.17, 15) is 9.90 Å². The number of hydrogen-bond acceptors (Lipinski definition) is 3. The Labute approximate surface area is 225 Å². The van der Waals surface area contributed by atoms with E-state index in [0.717, 1.165) is 37.0 Å². The highest BCUT2D eigenvalue weighted by atomic mass is 16.5. The predicted octanol–water partition coefficient (Wildman–Crippen LogP) is 8.22. The average molecular weight is 507 g/mol. The average Bonchev–Trinajstić information content (AvgIpc) is 3.22. The first-order chi connectivity index (χ1) is 17.6. The summed E-state index contributed by atoms with van der Waals surface area (Å²) < 4.78 is 6.42. The molecule has 9 atom stereocenters. The van der Waals surface area contributed by atoms with E-state index in [1.54, 1.807) is 0 Å². The van der Waals surface area contributed by atoms with Gasteiger partial charge in [0.15, 0.2) is 0 Å². The van der Waals surface area contributed by atoms with Crippen LogP contribution in [0.15, 0.2) is 42.0 Å². The molecule has 204 valence electrons. The van der Waals surface area contributed by atoms with Gasteiger partial charge < -0.3 is 9.84 Å². The minimum Gasteiger partial charge on any atom is -0.454 e. The molecule has 3 saturated carbocycles. The SMILES string of the molecule is CC(C)CCC[C@H](C)[C@@H]1CC[C@@H]2[C@@H]3[C@@H](CC[C@]21C)[C@@]1(C)CC[C@H](O)CC1=C[C@H]3OC(=O)c1ccccc1. The van der Waals surface area contributed by atoms with Gasteiger partial charge in [-0.05, 0) is 104 Å². The molecule has 0 bridgehead atoms. The van der Waals surface area contributed by atoms with E-state index in [4.69, 9.17) is 4.74 Å². The summed E-state index contributed by atoms with van der Waals surface area (Å²) in [5.74, 6) is 3.61. The second kappa shape index (κ2) is 10.5. The monoisotopic (exact) mass is 506 g/mol. The molecule has 0 heterocycles. The fourth-order valence-corrected chi connectivity index (χ4v) is 9.51. The van der Waals surface area contributed by atoms with Crippen LogP contribution in [0.2, 0.25) is 0 Å². The van der Waals surface area contributed by atoms with Crippen LogP contribution in [0, 0.1) is 46.3 Å². The zero-order valence-electron chi connectivity index (χ0n) is 23.9. The fourth-order valence-electron chi connectivity index (χ4n) is 9.51.